The molecule has 8 atom stereocenters. The van der Waals surface area contributed by atoms with Crippen molar-refractivity contribution in [2.24, 2.45) is 0 Å². The van der Waals surface area contributed by atoms with Crippen LogP contribution in [0.2, 0.25) is 0 Å². The normalized spacial score (nSPS) is 22.3. The number of esters is 2. The van der Waals surface area contributed by atoms with Gasteiger partial charge in [0, 0.05) is 12.8 Å². The van der Waals surface area contributed by atoms with Gasteiger partial charge in [0.2, 0.25) is 0 Å². The first kappa shape index (κ1) is 57.8. The number of phosphoric ester groups is 1. The topological polar surface area (TPSA) is 210 Å². The van der Waals surface area contributed by atoms with Crippen molar-refractivity contribution in [3.05, 3.63) is 48.6 Å². The number of rotatable bonds is 39. The van der Waals surface area contributed by atoms with Crippen molar-refractivity contribution in [1.29, 1.82) is 0 Å². The maximum absolute atomic E-state index is 12.8. The Balaban J connectivity index is 2.46. The third-order valence-electron chi connectivity index (χ3n) is 10.9. The second-order valence-corrected chi connectivity index (χ2v) is 18.0. The quantitative estimate of drug-likeness (QED) is 0.0147. The van der Waals surface area contributed by atoms with Gasteiger partial charge in [-0.2, -0.15) is 0 Å². The first-order valence-electron chi connectivity index (χ1n) is 23.9. The third-order valence-corrected chi connectivity index (χ3v) is 11.9. The monoisotopic (exact) mass is 901 g/mol. The van der Waals surface area contributed by atoms with E-state index in [1.807, 2.05) is 12.2 Å². The van der Waals surface area contributed by atoms with E-state index in [0.717, 1.165) is 51.4 Å². The first-order chi connectivity index (χ1) is 29.9. The fraction of sp³-hybridized carbons (Fsp3) is 0.792. The first-order valence-corrected chi connectivity index (χ1v) is 25.4. The Morgan fingerprint density at radius 1 is 0.500 bits per heavy atom. The smallest absolute Gasteiger partial charge is 0.462 e. The zero-order chi connectivity index (χ0) is 45.7. The number of aliphatic hydroxyl groups excluding tert-OH is 5. The van der Waals surface area contributed by atoms with Crippen molar-refractivity contribution in [3.8, 4) is 0 Å². The number of phosphoric acid groups is 1. The molecule has 1 fully saturated rings. The van der Waals surface area contributed by atoms with Crippen molar-refractivity contribution in [1.82, 2.24) is 0 Å². The summed E-state index contributed by atoms with van der Waals surface area (Å²) in [6, 6.07) is 0. The number of hydrogen-bond acceptors (Lipinski definition) is 12. The van der Waals surface area contributed by atoms with Crippen LogP contribution in [0.3, 0.4) is 0 Å². The summed E-state index contributed by atoms with van der Waals surface area (Å²) in [4.78, 5) is 35.7. The highest BCUT2D eigenvalue weighted by molar-refractivity contribution is 7.47. The molecule has 0 heterocycles. The summed E-state index contributed by atoms with van der Waals surface area (Å²) in [5.74, 6) is -1.16. The van der Waals surface area contributed by atoms with Crippen LogP contribution in [-0.4, -0.2) is 98.3 Å². The number of aliphatic hydroxyl groups is 5. The molecule has 62 heavy (non-hydrogen) atoms. The van der Waals surface area contributed by atoms with Gasteiger partial charge in [-0.05, 0) is 51.4 Å². The molecule has 14 heteroatoms. The number of carbonyl (C=O) groups is 2. The number of unbranched alkanes of at least 4 members (excludes halogenated alkanes) is 19. The summed E-state index contributed by atoms with van der Waals surface area (Å²) in [6.07, 6.45) is 31.8. The SMILES string of the molecule is CCCCCCCCC/C=C/C/C=C/C/C=C/C/C=C/CCCC(=O)OC[C@@H](COP(=O)(O)OC1C(O)C(O)C(O)[C@H](O)C1O)OC(=O)CCCCCCCCCCCCCC. The van der Waals surface area contributed by atoms with Gasteiger partial charge in [-0.25, -0.2) is 4.57 Å². The molecule has 0 aliphatic heterocycles. The second kappa shape index (κ2) is 38.1. The molecule has 0 radical (unpaired) electrons. The molecule has 0 aromatic carbocycles. The largest absolute Gasteiger partial charge is 0.472 e. The Bertz CT molecular complexity index is 1270. The lowest BCUT2D eigenvalue weighted by Gasteiger charge is -2.41. The molecule has 1 saturated carbocycles. The van der Waals surface area contributed by atoms with E-state index in [0.29, 0.717) is 19.3 Å². The molecule has 0 spiro atoms. The van der Waals surface area contributed by atoms with Crippen LogP contribution in [0.4, 0.5) is 0 Å². The lowest BCUT2D eigenvalue weighted by Crippen LogP contribution is -2.64. The van der Waals surface area contributed by atoms with Gasteiger partial charge in [0.25, 0.3) is 0 Å². The number of hydrogen-bond donors (Lipinski definition) is 6. The van der Waals surface area contributed by atoms with Crippen LogP contribution in [0.1, 0.15) is 187 Å². The minimum atomic E-state index is -5.13. The lowest BCUT2D eigenvalue weighted by atomic mass is 9.85. The van der Waals surface area contributed by atoms with Gasteiger partial charge < -0.3 is 39.9 Å². The van der Waals surface area contributed by atoms with E-state index in [1.165, 1.54) is 89.9 Å². The molecule has 0 aromatic heterocycles. The second-order valence-electron chi connectivity index (χ2n) is 16.6. The standard InChI is InChI=1S/C48H85O13P/c1-3-5-7-9-11-13-15-17-18-19-20-21-22-23-24-25-27-28-30-32-34-36-41(49)58-38-40(60-42(50)37-35-33-31-29-26-16-14-12-10-8-6-4-2)39-59-62(56,57)61-48-46(54)44(52)43(51)45(53)47(48)55/h18-19,21-22,24-25,28,30,40,43-48,51-55H,3-17,20,23,26-27,29,31-39H2,1-2H3,(H,56,57)/b19-18+,22-21+,25-24+,30-28+/t40-,43?,44-,45?,46?,47?,48?/m0/s1. The molecular formula is C48H85O13P. The van der Waals surface area contributed by atoms with Crippen molar-refractivity contribution in [2.45, 2.75) is 230 Å². The predicted molar refractivity (Wildman–Crippen MR) is 244 cm³/mol. The fourth-order valence-electron chi connectivity index (χ4n) is 7.04. The van der Waals surface area contributed by atoms with Crippen LogP contribution in [0.25, 0.3) is 0 Å². The molecule has 0 bridgehead atoms. The molecule has 0 aromatic rings. The molecule has 1 aliphatic rings. The van der Waals surface area contributed by atoms with E-state index >= 15 is 0 Å². The average Bonchev–Trinajstić information content (AvgIpc) is 3.25. The fourth-order valence-corrected chi connectivity index (χ4v) is 8.02. The summed E-state index contributed by atoms with van der Waals surface area (Å²) >= 11 is 0. The lowest BCUT2D eigenvalue weighted by molar-refractivity contribution is -0.220. The van der Waals surface area contributed by atoms with Gasteiger partial charge in [-0.15, -0.1) is 0 Å². The van der Waals surface area contributed by atoms with E-state index < -0.39 is 75.7 Å². The number of allylic oxidation sites excluding steroid dienone is 8. The maximum Gasteiger partial charge on any atom is 0.472 e. The molecule has 6 N–H and O–H groups in total. The molecule has 1 rings (SSSR count). The maximum atomic E-state index is 12.8. The molecule has 13 nitrogen and oxygen atoms in total. The van der Waals surface area contributed by atoms with E-state index in [-0.39, 0.29) is 12.8 Å². The van der Waals surface area contributed by atoms with Crippen molar-refractivity contribution < 1.29 is 63.1 Å². The number of carbonyl (C=O) groups excluding carboxylic acids is 2. The zero-order valence-corrected chi connectivity index (χ0v) is 39.0. The minimum Gasteiger partial charge on any atom is -0.462 e. The van der Waals surface area contributed by atoms with Crippen molar-refractivity contribution >= 4 is 19.8 Å². The van der Waals surface area contributed by atoms with Crippen LogP contribution >= 0.6 is 7.82 Å². The van der Waals surface area contributed by atoms with Gasteiger partial charge in [0.1, 0.15) is 43.2 Å². The zero-order valence-electron chi connectivity index (χ0n) is 38.2. The van der Waals surface area contributed by atoms with Crippen molar-refractivity contribution in [2.75, 3.05) is 13.2 Å². The Hall–Kier alpha value is -2.19. The molecule has 6 unspecified atom stereocenters. The van der Waals surface area contributed by atoms with Gasteiger partial charge in [-0.3, -0.25) is 18.6 Å². The highest BCUT2D eigenvalue weighted by Gasteiger charge is 2.51. The Labute approximate surface area is 373 Å². The van der Waals surface area contributed by atoms with Gasteiger partial charge in [0.15, 0.2) is 6.10 Å². The van der Waals surface area contributed by atoms with E-state index in [4.69, 9.17) is 18.5 Å². The highest BCUT2D eigenvalue weighted by Crippen LogP contribution is 2.47. The highest BCUT2D eigenvalue weighted by atomic mass is 31.2. The molecule has 0 saturated heterocycles. The van der Waals surface area contributed by atoms with Crippen LogP contribution in [0.5, 0.6) is 0 Å². The van der Waals surface area contributed by atoms with E-state index in [2.05, 4.69) is 50.3 Å². The Kier molecular flexibility index (Phi) is 35.5. The summed E-state index contributed by atoms with van der Waals surface area (Å²) in [5, 5.41) is 50.1. The van der Waals surface area contributed by atoms with Crippen LogP contribution < -0.4 is 0 Å². The average molecular weight is 901 g/mol. The molecule has 360 valence electrons. The third kappa shape index (κ3) is 30.0. The predicted octanol–water partition coefficient (Wildman–Crippen LogP) is 9.56. The Morgan fingerprint density at radius 3 is 1.37 bits per heavy atom. The van der Waals surface area contributed by atoms with Gasteiger partial charge in [-0.1, -0.05) is 172 Å². The Morgan fingerprint density at radius 2 is 0.887 bits per heavy atom. The van der Waals surface area contributed by atoms with E-state index in [9.17, 15) is 44.6 Å². The van der Waals surface area contributed by atoms with Crippen LogP contribution in [-0.2, 0) is 32.7 Å². The summed E-state index contributed by atoms with van der Waals surface area (Å²) < 4.78 is 33.5. The van der Waals surface area contributed by atoms with Gasteiger partial charge >= 0.3 is 19.8 Å². The number of ether oxygens (including phenoxy) is 2. The molecule has 1 aliphatic carbocycles. The summed E-state index contributed by atoms with van der Waals surface area (Å²) in [6.45, 7) is 3.24. The van der Waals surface area contributed by atoms with E-state index in [1.54, 1.807) is 0 Å². The molecular weight excluding hydrogens is 815 g/mol. The van der Waals surface area contributed by atoms with Crippen LogP contribution in [0, 0.1) is 0 Å². The summed E-state index contributed by atoms with van der Waals surface area (Å²) in [5.41, 5.74) is 0. The van der Waals surface area contributed by atoms with Gasteiger partial charge in [0.05, 0.1) is 6.61 Å². The molecule has 0 amide bonds. The minimum absolute atomic E-state index is 0.0863. The summed E-state index contributed by atoms with van der Waals surface area (Å²) in [7, 11) is -5.13. The van der Waals surface area contributed by atoms with Crippen molar-refractivity contribution in [3.63, 3.8) is 0 Å². The van der Waals surface area contributed by atoms with Crippen LogP contribution in [0.15, 0.2) is 48.6 Å².